The Kier molecular flexibility index (Phi) is 6.22. The third-order valence-corrected chi connectivity index (χ3v) is 4.45. The molecular formula is C19H20ClN3O3. The minimum atomic E-state index is -0.468. The molecule has 136 valence electrons. The van der Waals surface area contributed by atoms with E-state index in [1.54, 1.807) is 12.1 Å². The second-order valence-corrected chi connectivity index (χ2v) is 6.46. The highest BCUT2D eigenvalue weighted by Crippen LogP contribution is 2.26. The summed E-state index contributed by atoms with van der Waals surface area (Å²) in [6.07, 6.45) is 0. The van der Waals surface area contributed by atoms with Gasteiger partial charge in [-0.2, -0.15) is 0 Å². The lowest BCUT2D eigenvalue weighted by Crippen LogP contribution is -2.38. The van der Waals surface area contributed by atoms with Crippen LogP contribution in [-0.2, 0) is 20.9 Å². The molecule has 0 aliphatic carbocycles. The maximum absolute atomic E-state index is 12.4. The molecule has 0 radical (unpaired) electrons. The lowest BCUT2D eigenvalue weighted by molar-refractivity contribution is -0.145. The summed E-state index contributed by atoms with van der Waals surface area (Å²) in [4.78, 5) is 24.3. The Morgan fingerprint density at radius 2 is 1.85 bits per heavy atom. The van der Waals surface area contributed by atoms with Crippen LogP contribution in [0.5, 0.6) is 0 Å². The molecule has 26 heavy (non-hydrogen) atoms. The zero-order valence-electron chi connectivity index (χ0n) is 14.1. The number of hydrogen-bond acceptors (Lipinski definition) is 5. The van der Waals surface area contributed by atoms with Gasteiger partial charge in [-0.25, -0.2) is 5.43 Å². The number of carbonyl (C=O) groups is 2. The van der Waals surface area contributed by atoms with Crippen molar-refractivity contribution in [3.8, 4) is 0 Å². The molecule has 2 aromatic carbocycles. The van der Waals surface area contributed by atoms with Crippen LogP contribution in [-0.4, -0.2) is 25.0 Å². The van der Waals surface area contributed by atoms with E-state index in [1.165, 1.54) is 0 Å². The third-order valence-electron chi connectivity index (χ3n) is 4.20. The number of amides is 1. The maximum Gasteiger partial charge on any atom is 0.325 e. The van der Waals surface area contributed by atoms with Crippen LogP contribution < -0.4 is 16.2 Å². The monoisotopic (exact) mass is 373 g/mol. The van der Waals surface area contributed by atoms with E-state index in [1.807, 2.05) is 42.5 Å². The number of carbonyl (C=O) groups excluding carboxylic acids is 2. The number of ether oxygens (including phenoxy) is 1. The summed E-state index contributed by atoms with van der Waals surface area (Å²) >= 11 is 5.91. The predicted octanol–water partition coefficient (Wildman–Crippen LogP) is 1.96. The molecule has 0 spiro atoms. The molecule has 0 aromatic heterocycles. The Morgan fingerprint density at radius 1 is 1.12 bits per heavy atom. The van der Waals surface area contributed by atoms with Gasteiger partial charge >= 0.3 is 5.97 Å². The van der Waals surface area contributed by atoms with Gasteiger partial charge in [-0.15, -0.1) is 0 Å². The molecule has 1 amide bonds. The number of hydrazine groups is 1. The zero-order valence-corrected chi connectivity index (χ0v) is 14.8. The summed E-state index contributed by atoms with van der Waals surface area (Å²) in [5.41, 5.74) is 7.93. The van der Waals surface area contributed by atoms with E-state index < -0.39 is 5.97 Å². The number of esters is 1. The summed E-state index contributed by atoms with van der Waals surface area (Å²) in [5.74, 6) is -1.01. The van der Waals surface area contributed by atoms with Gasteiger partial charge in [0.15, 0.2) is 0 Å². The molecule has 0 bridgehead atoms. The van der Waals surface area contributed by atoms with Gasteiger partial charge in [-0.3, -0.25) is 15.0 Å². The molecule has 6 nitrogen and oxygen atoms in total. The molecule has 1 saturated heterocycles. The highest BCUT2D eigenvalue weighted by molar-refractivity contribution is 6.30. The predicted molar refractivity (Wildman–Crippen MR) is 98.1 cm³/mol. The van der Waals surface area contributed by atoms with E-state index in [-0.39, 0.29) is 31.0 Å². The van der Waals surface area contributed by atoms with E-state index >= 15 is 0 Å². The summed E-state index contributed by atoms with van der Waals surface area (Å²) in [6.45, 7) is 0.503. The third kappa shape index (κ3) is 4.82. The van der Waals surface area contributed by atoms with Gasteiger partial charge in [0.2, 0.25) is 5.91 Å². The van der Waals surface area contributed by atoms with Crippen LogP contribution in [0.15, 0.2) is 54.6 Å². The van der Waals surface area contributed by atoms with Gasteiger partial charge in [-0.05, 0) is 23.3 Å². The highest BCUT2D eigenvalue weighted by Gasteiger charge is 2.34. The van der Waals surface area contributed by atoms with Crippen LogP contribution in [0.2, 0.25) is 5.02 Å². The van der Waals surface area contributed by atoms with E-state index in [4.69, 9.17) is 16.3 Å². The molecule has 1 fully saturated rings. The first-order valence-corrected chi connectivity index (χ1v) is 8.72. The normalized spacial score (nSPS) is 19.1. The molecule has 2 unspecified atom stereocenters. The quantitative estimate of drug-likeness (QED) is 0.675. The Balaban J connectivity index is 1.49. The number of hydrogen-bond donors (Lipinski definition) is 3. The molecule has 2 aromatic rings. The van der Waals surface area contributed by atoms with Crippen LogP contribution in [0.1, 0.15) is 17.2 Å². The smallest absolute Gasteiger partial charge is 0.325 e. The average molecular weight is 374 g/mol. The van der Waals surface area contributed by atoms with Gasteiger partial charge in [0.1, 0.15) is 13.2 Å². The molecule has 3 N–H and O–H groups in total. The minimum absolute atomic E-state index is 0.157. The van der Waals surface area contributed by atoms with Crippen LogP contribution >= 0.6 is 11.6 Å². The van der Waals surface area contributed by atoms with Crippen molar-refractivity contribution in [1.29, 1.82) is 0 Å². The lowest BCUT2D eigenvalue weighted by atomic mass is 9.94. The second-order valence-electron chi connectivity index (χ2n) is 6.03. The van der Waals surface area contributed by atoms with Crippen molar-refractivity contribution in [3.05, 3.63) is 70.7 Å². The van der Waals surface area contributed by atoms with Gasteiger partial charge in [-0.1, -0.05) is 54.1 Å². The molecule has 2 atom stereocenters. The first-order valence-electron chi connectivity index (χ1n) is 8.34. The van der Waals surface area contributed by atoms with Crippen LogP contribution in [0, 0.1) is 5.92 Å². The van der Waals surface area contributed by atoms with Gasteiger partial charge in [0.25, 0.3) is 0 Å². The zero-order chi connectivity index (χ0) is 18.4. The van der Waals surface area contributed by atoms with Crippen LogP contribution in [0.3, 0.4) is 0 Å². The van der Waals surface area contributed by atoms with Crippen molar-refractivity contribution in [2.45, 2.75) is 12.6 Å². The summed E-state index contributed by atoms with van der Waals surface area (Å²) in [6, 6.07) is 16.5. The van der Waals surface area contributed by atoms with Crippen LogP contribution in [0.4, 0.5) is 0 Å². The highest BCUT2D eigenvalue weighted by atomic mass is 35.5. The first-order chi connectivity index (χ1) is 12.6. The minimum Gasteiger partial charge on any atom is -0.460 e. The SMILES string of the molecule is O=C(CNC(=O)C1CNNC1c1ccc(Cl)cc1)OCc1ccccc1. The molecule has 3 rings (SSSR count). The molecule has 1 aliphatic heterocycles. The van der Waals surface area contributed by atoms with Crippen LogP contribution in [0.25, 0.3) is 0 Å². The summed E-state index contributed by atoms with van der Waals surface area (Å²) < 4.78 is 5.17. The molecular weight excluding hydrogens is 354 g/mol. The number of nitrogens with one attached hydrogen (secondary N) is 3. The van der Waals surface area contributed by atoms with Crippen molar-refractivity contribution in [3.63, 3.8) is 0 Å². The molecule has 1 aliphatic rings. The number of halogens is 1. The van der Waals surface area contributed by atoms with Crippen molar-refractivity contribution in [2.75, 3.05) is 13.1 Å². The Labute approximate surface area is 156 Å². The topological polar surface area (TPSA) is 79.5 Å². The fourth-order valence-corrected chi connectivity index (χ4v) is 2.93. The lowest BCUT2D eigenvalue weighted by Gasteiger charge is -2.18. The number of rotatable bonds is 6. The standard InChI is InChI=1S/C19H20ClN3O3/c20-15-8-6-14(7-9-15)18-16(10-22-23-18)19(25)21-11-17(24)26-12-13-4-2-1-3-5-13/h1-9,16,18,22-23H,10-12H2,(H,21,25). The Morgan fingerprint density at radius 3 is 2.58 bits per heavy atom. The average Bonchev–Trinajstić information content (AvgIpc) is 3.16. The van der Waals surface area contributed by atoms with E-state index in [0.29, 0.717) is 11.6 Å². The first kappa shape index (κ1) is 18.4. The molecule has 1 heterocycles. The largest absolute Gasteiger partial charge is 0.460 e. The fourth-order valence-electron chi connectivity index (χ4n) is 2.81. The molecule has 0 saturated carbocycles. The van der Waals surface area contributed by atoms with E-state index in [2.05, 4.69) is 16.2 Å². The second kappa shape index (κ2) is 8.80. The Bertz CT molecular complexity index is 752. The van der Waals surface area contributed by atoms with Crippen molar-refractivity contribution >= 4 is 23.5 Å². The van der Waals surface area contributed by atoms with Gasteiger partial charge < -0.3 is 10.1 Å². The fraction of sp³-hybridized carbons (Fsp3) is 0.263. The number of benzene rings is 2. The van der Waals surface area contributed by atoms with E-state index in [9.17, 15) is 9.59 Å². The van der Waals surface area contributed by atoms with Gasteiger partial charge in [0.05, 0.1) is 12.0 Å². The van der Waals surface area contributed by atoms with E-state index in [0.717, 1.165) is 11.1 Å². The van der Waals surface area contributed by atoms with Crippen molar-refractivity contribution in [1.82, 2.24) is 16.2 Å². The maximum atomic E-state index is 12.4. The van der Waals surface area contributed by atoms with Crippen molar-refractivity contribution < 1.29 is 14.3 Å². The Hall–Kier alpha value is -2.41. The summed E-state index contributed by atoms with van der Waals surface area (Å²) in [7, 11) is 0. The van der Waals surface area contributed by atoms with Crippen molar-refractivity contribution in [2.24, 2.45) is 5.92 Å². The van der Waals surface area contributed by atoms with Gasteiger partial charge in [0, 0.05) is 11.6 Å². The summed E-state index contributed by atoms with van der Waals surface area (Å²) in [5, 5.41) is 3.29. The molecule has 7 heteroatoms.